The highest BCUT2D eigenvalue weighted by atomic mass is 35.5. The van der Waals surface area contributed by atoms with Crippen molar-refractivity contribution in [3.63, 3.8) is 0 Å². The molecule has 6 nitrogen and oxygen atoms in total. The second-order valence-electron chi connectivity index (χ2n) is 11.3. The summed E-state index contributed by atoms with van der Waals surface area (Å²) in [5, 5.41) is 4.71. The Balaban J connectivity index is 1.50. The fourth-order valence-electron chi connectivity index (χ4n) is 5.20. The second kappa shape index (κ2) is 17.6. The van der Waals surface area contributed by atoms with Gasteiger partial charge in [-0.05, 0) is 105 Å². The molecule has 0 aromatic heterocycles. The van der Waals surface area contributed by atoms with Crippen LogP contribution in [0.4, 0.5) is 11.4 Å². The first-order chi connectivity index (χ1) is 22.7. The van der Waals surface area contributed by atoms with Gasteiger partial charge in [-0.3, -0.25) is 9.59 Å². The van der Waals surface area contributed by atoms with Crippen LogP contribution in [-0.4, -0.2) is 35.5 Å². The normalized spacial score (nSPS) is 11.3. The van der Waals surface area contributed by atoms with Crippen molar-refractivity contribution in [2.75, 3.05) is 17.2 Å². The van der Waals surface area contributed by atoms with Crippen LogP contribution in [0.3, 0.4) is 0 Å². The van der Waals surface area contributed by atoms with Crippen LogP contribution < -0.4 is 4.90 Å². The third kappa shape index (κ3) is 9.90. The standard InChI is InChI=1S/C39H41ClN2O4S/c1-5-7-8-13-37(43)46-41-35(24-25-47-33-21-17-31(40)18-22-33)39(45)29-14-19-32(20-15-29)42(6-2)36-23-16-30(26-28(36)4)38(44)34-12-10-9-11-27(34)3/h9-12,14-23,26H,5-8,13,24-25H2,1-4H3/b41-35+. The minimum atomic E-state index is -0.440. The molecule has 0 spiro atoms. The minimum Gasteiger partial charge on any atom is -0.342 e. The van der Waals surface area contributed by atoms with E-state index >= 15 is 0 Å². The number of nitrogens with zero attached hydrogens (tertiary/aromatic N) is 2. The maximum atomic E-state index is 13.6. The van der Waals surface area contributed by atoms with Crippen molar-refractivity contribution in [1.29, 1.82) is 0 Å². The fourth-order valence-corrected chi connectivity index (χ4v) is 6.19. The molecule has 0 amide bonds. The van der Waals surface area contributed by atoms with E-state index in [-0.39, 0.29) is 23.7 Å². The second-order valence-corrected chi connectivity index (χ2v) is 12.9. The van der Waals surface area contributed by atoms with E-state index in [1.54, 1.807) is 23.9 Å². The molecule has 4 aromatic rings. The van der Waals surface area contributed by atoms with E-state index in [1.165, 1.54) is 0 Å². The lowest BCUT2D eigenvalue weighted by Crippen LogP contribution is -2.19. The summed E-state index contributed by atoms with van der Waals surface area (Å²) in [4.78, 5) is 47.5. The summed E-state index contributed by atoms with van der Waals surface area (Å²) < 4.78 is 0. The molecule has 0 aliphatic heterocycles. The van der Waals surface area contributed by atoms with E-state index in [0.29, 0.717) is 40.4 Å². The van der Waals surface area contributed by atoms with Gasteiger partial charge in [0.2, 0.25) is 5.78 Å². The Labute approximate surface area is 287 Å². The predicted octanol–water partition coefficient (Wildman–Crippen LogP) is 10.2. The topological polar surface area (TPSA) is 76.0 Å². The lowest BCUT2D eigenvalue weighted by atomic mass is 9.97. The number of thioether (sulfide) groups is 1. The van der Waals surface area contributed by atoms with E-state index in [4.69, 9.17) is 16.4 Å². The van der Waals surface area contributed by atoms with Gasteiger partial charge in [-0.1, -0.05) is 60.8 Å². The van der Waals surface area contributed by atoms with Gasteiger partial charge in [0.25, 0.3) is 0 Å². The van der Waals surface area contributed by atoms with E-state index in [0.717, 1.165) is 46.7 Å². The Morgan fingerprint density at radius 2 is 1.51 bits per heavy atom. The first kappa shape index (κ1) is 35.7. The van der Waals surface area contributed by atoms with Crippen LogP contribution in [0.1, 0.15) is 83.4 Å². The fraction of sp³-hybridized carbons (Fsp3) is 0.282. The summed E-state index contributed by atoms with van der Waals surface area (Å²) in [6.45, 7) is 8.75. The van der Waals surface area contributed by atoms with E-state index in [2.05, 4.69) is 23.9 Å². The zero-order chi connectivity index (χ0) is 33.8. The number of hydrogen-bond acceptors (Lipinski definition) is 7. The largest absolute Gasteiger partial charge is 0.342 e. The maximum Gasteiger partial charge on any atom is 0.335 e. The molecule has 0 heterocycles. The van der Waals surface area contributed by atoms with Gasteiger partial charge in [0.15, 0.2) is 5.78 Å². The number of ketones is 2. The van der Waals surface area contributed by atoms with Crippen LogP contribution in [0.2, 0.25) is 5.02 Å². The Kier molecular flexibility index (Phi) is 13.4. The Bertz CT molecular complexity index is 1720. The summed E-state index contributed by atoms with van der Waals surface area (Å²) in [6, 6.07) is 28.2. The number of Topliss-reactive ketones (excluding diaryl/α,β-unsaturated/α-hetero) is 1. The number of hydrogen-bond donors (Lipinski definition) is 0. The van der Waals surface area contributed by atoms with Crippen LogP contribution in [0, 0.1) is 13.8 Å². The molecule has 0 bridgehead atoms. The molecule has 0 atom stereocenters. The smallest absolute Gasteiger partial charge is 0.335 e. The summed E-state index contributed by atoms with van der Waals surface area (Å²) in [5.74, 6) is -0.152. The van der Waals surface area contributed by atoms with Crippen molar-refractivity contribution in [2.24, 2.45) is 5.16 Å². The molecule has 4 aromatic carbocycles. The van der Waals surface area contributed by atoms with Crippen LogP contribution in [0.25, 0.3) is 0 Å². The third-order valence-electron chi connectivity index (χ3n) is 7.82. The lowest BCUT2D eigenvalue weighted by Gasteiger charge is -2.25. The van der Waals surface area contributed by atoms with Gasteiger partial charge >= 0.3 is 5.97 Å². The number of carbonyl (C=O) groups excluding carboxylic acids is 3. The SMILES string of the molecule is CCCCCC(=O)O/N=C(\CCSc1ccc(Cl)cc1)C(=O)c1ccc(N(CC)c2ccc(C(=O)c3ccccc3C)cc2C)cc1. The predicted molar refractivity (Wildman–Crippen MR) is 194 cm³/mol. The number of anilines is 2. The molecule has 0 unspecified atom stereocenters. The number of halogens is 1. The van der Waals surface area contributed by atoms with Crippen LogP contribution >= 0.6 is 23.4 Å². The van der Waals surface area contributed by atoms with E-state index < -0.39 is 5.97 Å². The Morgan fingerprint density at radius 3 is 2.17 bits per heavy atom. The summed E-state index contributed by atoms with van der Waals surface area (Å²) >= 11 is 7.58. The van der Waals surface area contributed by atoms with Gasteiger partial charge in [0.05, 0.1) is 0 Å². The van der Waals surface area contributed by atoms with Gasteiger partial charge in [0.1, 0.15) is 5.71 Å². The quantitative estimate of drug-likeness (QED) is 0.0295. The number of oxime groups is 1. The van der Waals surface area contributed by atoms with Gasteiger partial charge in [0, 0.05) is 63.1 Å². The molecular weight excluding hydrogens is 628 g/mol. The number of unbranched alkanes of at least 4 members (excludes halogenated alkanes) is 2. The van der Waals surface area contributed by atoms with Crippen molar-refractivity contribution in [1.82, 2.24) is 0 Å². The lowest BCUT2D eigenvalue weighted by molar-refractivity contribution is -0.143. The summed E-state index contributed by atoms with van der Waals surface area (Å²) in [5.41, 5.74) is 5.80. The number of aryl methyl sites for hydroxylation is 2. The van der Waals surface area contributed by atoms with Gasteiger partial charge in [-0.25, -0.2) is 4.79 Å². The van der Waals surface area contributed by atoms with E-state index in [9.17, 15) is 14.4 Å². The Hall–Kier alpha value is -4.20. The summed E-state index contributed by atoms with van der Waals surface area (Å²) in [7, 11) is 0. The molecule has 4 rings (SSSR count). The molecule has 244 valence electrons. The van der Waals surface area contributed by atoms with Crippen molar-refractivity contribution in [3.05, 3.63) is 124 Å². The minimum absolute atomic E-state index is 0.000614. The van der Waals surface area contributed by atoms with Crippen LogP contribution in [0.5, 0.6) is 0 Å². The van der Waals surface area contributed by atoms with Gasteiger partial charge in [-0.15, -0.1) is 11.8 Å². The molecule has 8 heteroatoms. The van der Waals surface area contributed by atoms with Crippen molar-refractivity contribution < 1.29 is 19.2 Å². The number of rotatable bonds is 16. The molecule has 0 saturated carbocycles. The average molecular weight is 669 g/mol. The molecule has 0 aliphatic rings. The van der Waals surface area contributed by atoms with Crippen LogP contribution in [-0.2, 0) is 9.63 Å². The monoisotopic (exact) mass is 668 g/mol. The maximum absolute atomic E-state index is 13.6. The van der Waals surface area contributed by atoms with Crippen LogP contribution in [0.15, 0.2) is 101 Å². The highest BCUT2D eigenvalue weighted by Gasteiger charge is 2.19. The van der Waals surface area contributed by atoms with Gasteiger partial charge in [-0.2, -0.15) is 0 Å². The zero-order valence-corrected chi connectivity index (χ0v) is 29.0. The molecule has 0 aliphatic carbocycles. The highest BCUT2D eigenvalue weighted by molar-refractivity contribution is 7.99. The number of benzene rings is 4. The molecule has 0 saturated heterocycles. The van der Waals surface area contributed by atoms with Crippen molar-refractivity contribution in [3.8, 4) is 0 Å². The summed E-state index contributed by atoms with van der Waals surface area (Å²) in [6.07, 6.45) is 3.23. The van der Waals surface area contributed by atoms with Crippen molar-refractivity contribution >= 4 is 58.0 Å². The van der Waals surface area contributed by atoms with Gasteiger partial charge < -0.3 is 9.74 Å². The zero-order valence-electron chi connectivity index (χ0n) is 27.4. The van der Waals surface area contributed by atoms with E-state index in [1.807, 2.05) is 92.7 Å². The molecule has 47 heavy (non-hydrogen) atoms. The Morgan fingerprint density at radius 1 is 0.809 bits per heavy atom. The third-order valence-corrected chi connectivity index (χ3v) is 9.09. The first-order valence-corrected chi connectivity index (χ1v) is 17.4. The molecule has 0 N–H and O–H groups in total. The van der Waals surface area contributed by atoms with Crippen molar-refractivity contribution in [2.45, 2.75) is 64.7 Å². The molecule has 0 fully saturated rings. The molecule has 0 radical (unpaired) electrons. The highest BCUT2D eigenvalue weighted by Crippen LogP contribution is 2.30. The average Bonchev–Trinajstić information content (AvgIpc) is 3.08. The molecular formula is C39H41ClN2O4S. The number of carbonyl (C=O) groups is 3. The first-order valence-electron chi connectivity index (χ1n) is 16.0.